The maximum atomic E-state index is 3.53. The molecule has 0 aromatic heterocycles. The van der Waals surface area contributed by atoms with Crippen molar-refractivity contribution in [1.82, 2.24) is 10.2 Å². The van der Waals surface area contributed by atoms with Crippen LogP contribution in [-0.4, -0.2) is 50.2 Å². The van der Waals surface area contributed by atoms with Gasteiger partial charge in [0.15, 0.2) is 0 Å². The minimum atomic E-state index is 0.673. The third kappa shape index (κ3) is 4.02. The molecule has 2 aliphatic rings. The first-order chi connectivity index (χ1) is 10.7. The topological polar surface area (TPSA) is 18.5 Å². The summed E-state index contributed by atoms with van der Waals surface area (Å²) in [4.78, 5) is 5.13. The molecule has 1 aromatic carbocycles. The fraction of sp³-hybridized carbons (Fsp3) is 0.684. The molecule has 2 heterocycles. The van der Waals surface area contributed by atoms with Crippen molar-refractivity contribution >= 4 is 5.69 Å². The number of piperazine rings is 1. The highest BCUT2D eigenvalue weighted by atomic mass is 15.3. The second-order valence-corrected chi connectivity index (χ2v) is 7.20. The number of rotatable bonds is 4. The zero-order valence-electron chi connectivity index (χ0n) is 14.2. The maximum absolute atomic E-state index is 3.53. The van der Waals surface area contributed by atoms with Gasteiger partial charge in [0.1, 0.15) is 0 Å². The molecule has 3 nitrogen and oxygen atoms in total. The molecule has 0 saturated carbocycles. The average molecular weight is 301 g/mol. The van der Waals surface area contributed by atoms with Crippen molar-refractivity contribution in [2.24, 2.45) is 5.92 Å². The third-order valence-corrected chi connectivity index (χ3v) is 5.24. The molecule has 0 bridgehead atoms. The van der Waals surface area contributed by atoms with E-state index in [9.17, 15) is 0 Å². The standard InChI is InChI=1S/C19H31N3/c1-16(2)21-9-11-22(12-10-21)19-7-3-5-17(14-19)13-18-6-4-8-20-15-18/h3,5,7,14,16,18,20H,4,6,8-13,15H2,1-2H3. The van der Waals surface area contributed by atoms with Gasteiger partial charge in [0, 0.05) is 37.9 Å². The normalized spacial score (nSPS) is 24.0. The zero-order valence-corrected chi connectivity index (χ0v) is 14.2. The molecule has 1 aromatic rings. The monoisotopic (exact) mass is 301 g/mol. The average Bonchev–Trinajstić information content (AvgIpc) is 2.56. The molecule has 1 N–H and O–H groups in total. The van der Waals surface area contributed by atoms with Crippen LogP contribution in [-0.2, 0) is 6.42 Å². The molecule has 3 rings (SSSR count). The molecule has 2 aliphatic heterocycles. The van der Waals surface area contributed by atoms with Crippen LogP contribution in [0.3, 0.4) is 0 Å². The summed E-state index contributed by atoms with van der Waals surface area (Å²) in [6, 6.07) is 9.94. The smallest absolute Gasteiger partial charge is 0.0369 e. The lowest BCUT2D eigenvalue weighted by Gasteiger charge is -2.38. The van der Waals surface area contributed by atoms with E-state index in [2.05, 4.69) is 53.2 Å². The van der Waals surface area contributed by atoms with Crippen molar-refractivity contribution < 1.29 is 0 Å². The molecule has 0 aliphatic carbocycles. The van der Waals surface area contributed by atoms with Gasteiger partial charge in [-0.25, -0.2) is 0 Å². The van der Waals surface area contributed by atoms with Gasteiger partial charge in [-0.05, 0) is 69.8 Å². The van der Waals surface area contributed by atoms with Crippen LogP contribution in [0.2, 0.25) is 0 Å². The van der Waals surface area contributed by atoms with Crippen LogP contribution in [0, 0.1) is 5.92 Å². The Bertz CT molecular complexity index is 458. The van der Waals surface area contributed by atoms with Crippen molar-refractivity contribution in [3.05, 3.63) is 29.8 Å². The van der Waals surface area contributed by atoms with Gasteiger partial charge in [0.2, 0.25) is 0 Å². The van der Waals surface area contributed by atoms with Gasteiger partial charge in [0.25, 0.3) is 0 Å². The Morgan fingerprint density at radius 3 is 2.68 bits per heavy atom. The van der Waals surface area contributed by atoms with E-state index >= 15 is 0 Å². The Kier molecular flexibility index (Phi) is 5.37. The molecule has 1 atom stereocenters. The third-order valence-electron chi connectivity index (χ3n) is 5.24. The predicted molar refractivity (Wildman–Crippen MR) is 94.7 cm³/mol. The highest BCUT2D eigenvalue weighted by Gasteiger charge is 2.19. The SMILES string of the molecule is CC(C)N1CCN(c2cccc(CC3CCCNC3)c2)CC1. The number of piperidine rings is 1. The fourth-order valence-corrected chi connectivity index (χ4v) is 3.81. The van der Waals surface area contributed by atoms with Gasteiger partial charge in [0.05, 0.1) is 0 Å². The number of anilines is 1. The largest absolute Gasteiger partial charge is 0.369 e. The lowest BCUT2D eigenvalue weighted by Crippen LogP contribution is -2.48. The predicted octanol–water partition coefficient (Wildman–Crippen LogP) is 2.76. The van der Waals surface area contributed by atoms with E-state index in [0.29, 0.717) is 6.04 Å². The van der Waals surface area contributed by atoms with Gasteiger partial charge in [-0.15, -0.1) is 0 Å². The summed E-state index contributed by atoms with van der Waals surface area (Å²) in [6.45, 7) is 11.7. The lowest BCUT2D eigenvalue weighted by atomic mass is 9.92. The molecule has 2 saturated heterocycles. The van der Waals surface area contributed by atoms with Gasteiger partial charge in [-0.3, -0.25) is 4.90 Å². The summed E-state index contributed by atoms with van der Waals surface area (Å²) in [5.41, 5.74) is 2.93. The summed E-state index contributed by atoms with van der Waals surface area (Å²) >= 11 is 0. The Balaban J connectivity index is 1.59. The van der Waals surface area contributed by atoms with E-state index < -0.39 is 0 Å². The molecular weight excluding hydrogens is 270 g/mol. The quantitative estimate of drug-likeness (QED) is 0.922. The van der Waals surface area contributed by atoms with Crippen molar-refractivity contribution in [2.45, 2.75) is 39.2 Å². The minimum Gasteiger partial charge on any atom is -0.369 e. The number of hydrogen-bond acceptors (Lipinski definition) is 3. The lowest BCUT2D eigenvalue weighted by molar-refractivity contribution is 0.209. The van der Waals surface area contributed by atoms with E-state index in [1.807, 2.05) is 0 Å². The first kappa shape index (κ1) is 15.8. The van der Waals surface area contributed by atoms with E-state index in [1.54, 1.807) is 0 Å². The van der Waals surface area contributed by atoms with Crippen LogP contribution in [0.4, 0.5) is 5.69 Å². The molecule has 2 fully saturated rings. The minimum absolute atomic E-state index is 0.673. The van der Waals surface area contributed by atoms with E-state index in [-0.39, 0.29) is 0 Å². The Hall–Kier alpha value is -1.06. The van der Waals surface area contributed by atoms with Crippen molar-refractivity contribution in [3.8, 4) is 0 Å². The fourth-order valence-electron chi connectivity index (χ4n) is 3.81. The highest BCUT2D eigenvalue weighted by molar-refractivity contribution is 5.49. The number of hydrogen-bond donors (Lipinski definition) is 1. The van der Waals surface area contributed by atoms with E-state index in [1.165, 1.54) is 56.7 Å². The summed E-state index contributed by atoms with van der Waals surface area (Å²) in [5, 5.41) is 3.53. The Morgan fingerprint density at radius 1 is 1.18 bits per heavy atom. The van der Waals surface area contributed by atoms with Gasteiger partial charge in [-0.1, -0.05) is 12.1 Å². The Labute approximate surface area is 135 Å². The van der Waals surface area contributed by atoms with Gasteiger partial charge >= 0.3 is 0 Å². The molecule has 0 amide bonds. The molecule has 0 radical (unpaired) electrons. The molecule has 22 heavy (non-hydrogen) atoms. The van der Waals surface area contributed by atoms with Crippen LogP contribution in [0.15, 0.2) is 24.3 Å². The van der Waals surface area contributed by atoms with E-state index in [4.69, 9.17) is 0 Å². The molecular formula is C19H31N3. The second kappa shape index (κ2) is 7.47. The second-order valence-electron chi connectivity index (χ2n) is 7.20. The summed E-state index contributed by atoms with van der Waals surface area (Å²) in [6.07, 6.45) is 3.94. The van der Waals surface area contributed by atoms with Crippen molar-refractivity contribution in [2.75, 3.05) is 44.2 Å². The molecule has 0 spiro atoms. The number of nitrogens with zero attached hydrogens (tertiary/aromatic N) is 2. The van der Waals surface area contributed by atoms with Crippen LogP contribution in [0.1, 0.15) is 32.3 Å². The van der Waals surface area contributed by atoms with Crippen LogP contribution in [0.5, 0.6) is 0 Å². The summed E-state index contributed by atoms with van der Waals surface area (Å²) in [7, 11) is 0. The van der Waals surface area contributed by atoms with Crippen molar-refractivity contribution in [1.29, 1.82) is 0 Å². The maximum Gasteiger partial charge on any atom is 0.0369 e. The summed E-state index contributed by atoms with van der Waals surface area (Å²) in [5.74, 6) is 0.821. The van der Waals surface area contributed by atoms with E-state index in [0.717, 1.165) is 19.0 Å². The number of benzene rings is 1. The van der Waals surface area contributed by atoms with Crippen LogP contribution in [0.25, 0.3) is 0 Å². The molecule has 3 heteroatoms. The van der Waals surface area contributed by atoms with Gasteiger partial charge in [-0.2, -0.15) is 0 Å². The molecule has 1 unspecified atom stereocenters. The van der Waals surface area contributed by atoms with Crippen molar-refractivity contribution in [3.63, 3.8) is 0 Å². The first-order valence-electron chi connectivity index (χ1n) is 9.01. The van der Waals surface area contributed by atoms with Crippen LogP contribution >= 0.6 is 0 Å². The first-order valence-corrected chi connectivity index (χ1v) is 9.01. The van der Waals surface area contributed by atoms with Crippen LogP contribution < -0.4 is 10.2 Å². The molecule has 122 valence electrons. The number of nitrogens with one attached hydrogen (secondary N) is 1. The summed E-state index contributed by atoms with van der Waals surface area (Å²) < 4.78 is 0. The zero-order chi connectivity index (χ0) is 15.4. The highest BCUT2D eigenvalue weighted by Crippen LogP contribution is 2.22. The van der Waals surface area contributed by atoms with Gasteiger partial charge < -0.3 is 10.2 Å². The Morgan fingerprint density at radius 2 is 2.00 bits per heavy atom.